The van der Waals surface area contributed by atoms with E-state index in [1.807, 2.05) is 0 Å². The maximum absolute atomic E-state index is 13.2. The van der Waals surface area contributed by atoms with Gasteiger partial charge in [-0.1, -0.05) is 37.4 Å². The number of hydrogen-bond donors (Lipinski definition) is 0. The lowest BCUT2D eigenvalue weighted by Crippen LogP contribution is -2.28. The quantitative estimate of drug-likeness (QED) is 0.437. The van der Waals surface area contributed by atoms with Crippen LogP contribution < -0.4 is 10.9 Å². The molecule has 3 aromatic rings. The zero-order valence-electron chi connectivity index (χ0n) is 16.5. The number of benzene rings is 1. The summed E-state index contributed by atoms with van der Waals surface area (Å²) in [6.45, 7) is 9.75. The molecule has 0 saturated heterocycles. The van der Waals surface area contributed by atoms with Crippen molar-refractivity contribution in [3.05, 3.63) is 86.1 Å². The van der Waals surface area contributed by atoms with E-state index >= 15 is 0 Å². The topological polar surface area (TPSA) is 104 Å². The zero-order valence-corrected chi connectivity index (χ0v) is 16.5. The van der Waals surface area contributed by atoms with Gasteiger partial charge in [-0.05, 0) is 20.3 Å². The molecule has 0 spiro atoms. The Morgan fingerprint density at radius 3 is 1.63 bits per heavy atom. The van der Waals surface area contributed by atoms with Gasteiger partial charge < -0.3 is 9.47 Å². The fourth-order valence-corrected chi connectivity index (χ4v) is 3.02. The molecule has 4 rings (SSSR count). The lowest BCUT2D eigenvalue weighted by molar-refractivity contribution is -0.148. The van der Waals surface area contributed by atoms with Gasteiger partial charge in [0, 0.05) is 39.5 Å². The number of Topliss-reactive ketones (excluding diaryl/α,β-unsaturated/α-hetero) is 1. The summed E-state index contributed by atoms with van der Waals surface area (Å²) >= 11 is 0. The number of ketones is 1. The van der Waals surface area contributed by atoms with Crippen molar-refractivity contribution < 1.29 is 23.9 Å². The smallest absolute Gasteiger partial charge is 0.340 e. The lowest BCUT2D eigenvalue weighted by Gasteiger charge is -2.19. The third kappa shape index (κ3) is 3.69. The summed E-state index contributed by atoms with van der Waals surface area (Å²) in [5.41, 5.74) is -1.72. The normalized spacial score (nSPS) is 12.9. The van der Waals surface area contributed by atoms with E-state index in [2.05, 4.69) is 13.2 Å². The molecule has 1 aliphatic carbocycles. The molecule has 0 amide bonds. The van der Waals surface area contributed by atoms with E-state index in [0.717, 1.165) is 0 Å². The van der Waals surface area contributed by atoms with Gasteiger partial charge in [-0.2, -0.15) is 0 Å². The number of allylic oxidation sites excluding steroid dienone is 1. The van der Waals surface area contributed by atoms with Crippen molar-refractivity contribution in [3.63, 3.8) is 0 Å². The number of esters is 2. The van der Waals surface area contributed by atoms with E-state index in [-0.39, 0.29) is 51.5 Å². The number of fused-ring (bicyclic) bond motifs is 2. The van der Waals surface area contributed by atoms with Crippen molar-refractivity contribution in [2.75, 3.05) is 0 Å². The molecule has 7 heteroatoms. The highest BCUT2D eigenvalue weighted by Crippen LogP contribution is 2.31. The molecule has 7 nitrogen and oxygen atoms in total. The van der Waals surface area contributed by atoms with Crippen LogP contribution in [0.4, 0.5) is 0 Å². The molecule has 1 aliphatic rings. The number of hydrogen-bond acceptors (Lipinski definition) is 7. The highest BCUT2D eigenvalue weighted by molar-refractivity contribution is 6.05. The van der Waals surface area contributed by atoms with Gasteiger partial charge in [0.2, 0.25) is 0 Å². The third-order valence-electron chi connectivity index (χ3n) is 4.61. The Morgan fingerprint density at radius 2 is 1.20 bits per heavy atom. The predicted molar refractivity (Wildman–Crippen MR) is 110 cm³/mol. The summed E-state index contributed by atoms with van der Waals surface area (Å²) in [4.78, 5) is 62.9. The summed E-state index contributed by atoms with van der Waals surface area (Å²) in [6.07, 6.45) is -0.184. The first-order valence-corrected chi connectivity index (χ1v) is 9.07. The minimum absolute atomic E-state index is 0.00500. The van der Waals surface area contributed by atoms with Crippen molar-refractivity contribution in [1.29, 1.82) is 0 Å². The number of carbonyl (C=O) groups excluding carboxylic acids is 3. The Labute approximate surface area is 171 Å². The average molecular weight is 406 g/mol. The van der Waals surface area contributed by atoms with Crippen LogP contribution in [0, 0.1) is 0 Å². The van der Waals surface area contributed by atoms with Crippen LogP contribution in [0.15, 0.2) is 64.1 Å². The Morgan fingerprint density at radius 1 is 0.767 bits per heavy atom. The first kappa shape index (κ1) is 20.9. The second-order valence-electron chi connectivity index (χ2n) is 7.01. The SMILES string of the molecule is C=C(C)C(=O)OC(OC(=O)C(=C)C)=C1CCC(=O)c2c1c(=O)c1ccc(cc1)c2=O. The van der Waals surface area contributed by atoms with Crippen LogP contribution in [0.2, 0.25) is 0 Å². The molecule has 0 aromatic heterocycles. The van der Waals surface area contributed by atoms with Gasteiger partial charge >= 0.3 is 11.9 Å². The summed E-state index contributed by atoms with van der Waals surface area (Å²) in [7, 11) is 0. The van der Waals surface area contributed by atoms with E-state index in [0.29, 0.717) is 0 Å². The Bertz CT molecular complexity index is 1230. The molecular formula is C23H18O7. The Balaban J connectivity index is 2.40. The number of ether oxygens (including phenoxy) is 2. The highest BCUT2D eigenvalue weighted by Gasteiger charge is 2.32. The van der Waals surface area contributed by atoms with Gasteiger partial charge in [0.1, 0.15) is 0 Å². The van der Waals surface area contributed by atoms with E-state index in [1.165, 1.54) is 38.1 Å². The van der Waals surface area contributed by atoms with E-state index in [9.17, 15) is 24.0 Å². The molecule has 30 heavy (non-hydrogen) atoms. The van der Waals surface area contributed by atoms with Crippen molar-refractivity contribution in [2.45, 2.75) is 26.7 Å². The molecule has 0 heterocycles. The largest absolute Gasteiger partial charge is 0.389 e. The van der Waals surface area contributed by atoms with Crippen LogP contribution in [0.3, 0.4) is 0 Å². The zero-order chi connectivity index (χ0) is 22.2. The van der Waals surface area contributed by atoms with Crippen LogP contribution in [0.5, 0.6) is 0 Å². The molecule has 0 saturated carbocycles. The van der Waals surface area contributed by atoms with Gasteiger partial charge in [-0.15, -0.1) is 0 Å². The highest BCUT2D eigenvalue weighted by atomic mass is 16.7. The standard InChI is InChI=1S/C23H18O7/c1-11(2)21(27)29-23(30-22(28)12(3)4)15-9-10-16(24)18-17(15)19(25)13-5-7-14(8-6-13)20(18)26/h5-8H,1,3,9-10H2,2,4H3. The number of rotatable bonds is 4. The fourth-order valence-electron chi connectivity index (χ4n) is 3.02. The van der Waals surface area contributed by atoms with Crippen LogP contribution >= 0.6 is 0 Å². The fraction of sp³-hybridized carbons (Fsp3) is 0.174. The Hall–Kier alpha value is -3.87. The molecule has 0 N–H and O–H groups in total. The van der Waals surface area contributed by atoms with Gasteiger partial charge in [-0.25, -0.2) is 9.59 Å². The van der Waals surface area contributed by atoms with Gasteiger partial charge in [-0.3, -0.25) is 14.4 Å². The molecule has 2 bridgehead atoms. The summed E-state index contributed by atoms with van der Waals surface area (Å²) in [5.74, 6) is -2.85. The van der Waals surface area contributed by atoms with Crippen molar-refractivity contribution >= 4 is 34.1 Å². The van der Waals surface area contributed by atoms with Gasteiger partial charge in [0.05, 0.1) is 5.56 Å². The van der Waals surface area contributed by atoms with Crippen LogP contribution in [-0.4, -0.2) is 17.7 Å². The van der Waals surface area contributed by atoms with Gasteiger partial charge in [0.15, 0.2) is 16.6 Å². The summed E-state index contributed by atoms with van der Waals surface area (Å²) in [5, 5.41) is 0.482. The molecule has 0 aliphatic heterocycles. The first-order valence-electron chi connectivity index (χ1n) is 9.07. The lowest BCUT2D eigenvalue weighted by atomic mass is 9.85. The molecule has 0 fully saturated rings. The monoisotopic (exact) mass is 406 g/mol. The van der Waals surface area contributed by atoms with E-state index in [4.69, 9.17) is 9.47 Å². The summed E-state index contributed by atoms with van der Waals surface area (Å²) in [6, 6.07) is 5.87. The van der Waals surface area contributed by atoms with E-state index in [1.54, 1.807) is 0 Å². The van der Waals surface area contributed by atoms with Crippen molar-refractivity contribution in [3.8, 4) is 0 Å². The third-order valence-corrected chi connectivity index (χ3v) is 4.61. The molecule has 0 unspecified atom stereocenters. The van der Waals surface area contributed by atoms with E-state index < -0.39 is 34.5 Å². The van der Waals surface area contributed by atoms with Crippen LogP contribution in [0.1, 0.15) is 42.6 Å². The number of carbonyl (C=O) groups is 3. The van der Waals surface area contributed by atoms with Crippen molar-refractivity contribution in [1.82, 2.24) is 0 Å². The minimum atomic E-state index is -0.890. The first-order chi connectivity index (χ1) is 14.1. The van der Waals surface area contributed by atoms with Crippen LogP contribution in [-0.2, 0) is 19.1 Å². The van der Waals surface area contributed by atoms with Crippen molar-refractivity contribution in [2.24, 2.45) is 0 Å². The maximum atomic E-state index is 13.2. The average Bonchev–Trinajstić information content (AvgIpc) is 2.71. The molecule has 0 radical (unpaired) electrons. The second kappa shape index (κ2) is 7.87. The van der Waals surface area contributed by atoms with Gasteiger partial charge in [0.25, 0.3) is 5.95 Å². The Kier molecular flexibility index (Phi) is 5.47. The second-order valence-corrected chi connectivity index (χ2v) is 7.01. The predicted octanol–water partition coefficient (Wildman–Crippen LogP) is 2.88. The molecule has 152 valence electrons. The molecular weight excluding hydrogens is 388 g/mol. The minimum Gasteiger partial charge on any atom is -0.389 e. The maximum Gasteiger partial charge on any atom is 0.340 e. The van der Waals surface area contributed by atoms with Crippen LogP contribution in [0.25, 0.3) is 16.3 Å². The summed E-state index contributed by atoms with van der Waals surface area (Å²) < 4.78 is 10.4. The molecule has 0 atom stereocenters. The molecule has 3 aromatic carbocycles.